The fourth-order valence-corrected chi connectivity index (χ4v) is 1.99. The van der Waals surface area contributed by atoms with Gasteiger partial charge in [0.1, 0.15) is 5.75 Å². The number of nitrogens with two attached hydrogens (primary N) is 1. The standard InChI is InChI=1S/C16H19N3O2/c1-11(12-4-3-5-15(8-12)21-2)19-16(20)9-14-7-6-13(17)10-18-14/h3-8,10-11H,9,17H2,1-2H3,(H,19,20)/t11-/m1/s1. The Balaban J connectivity index is 1.96. The van der Waals surface area contributed by atoms with E-state index in [1.54, 1.807) is 25.4 Å². The smallest absolute Gasteiger partial charge is 0.226 e. The van der Waals surface area contributed by atoms with Crippen molar-refractivity contribution in [1.29, 1.82) is 0 Å². The van der Waals surface area contributed by atoms with Crippen molar-refractivity contribution in [2.75, 3.05) is 12.8 Å². The molecule has 0 radical (unpaired) electrons. The molecule has 0 aliphatic carbocycles. The summed E-state index contributed by atoms with van der Waals surface area (Å²) in [5.41, 5.74) is 7.84. The van der Waals surface area contributed by atoms with Gasteiger partial charge < -0.3 is 15.8 Å². The molecule has 0 aliphatic heterocycles. The van der Waals surface area contributed by atoms with E-state index in [-0.39, 0.29) is 18.4 Å². The molecule has 2 rings (SSSR count). The number of carbonyl (C=O) groups is 1. The maximum atomic E-state index is 12.0. The first kappa shape index (κ1) is 14.8. The molecule has 1 amide bonds. The van der Waals surface area contributed by atoms with Crippen molar-refractivity contribution in [1.82, 2.24) is 10.3 Å². The van der Waals surface area contributed by atoms with Gasteiger partial charge in [-0.2, -0.15) is 0 Å². The van der Waals surface area contributed by atoms with E-state index >= 15 is 0 Å². The van der Waals surface area contributed by atoms with Gasteiger partial charge in [-0.05, 0) is 36.8 Å². The molecule has 0 unspecified atom stereocenters. The van der Waals surface area contributed by atoms with Crippen molar-refractivity contribution >= 4 is 11.6 Å². The molecular weight excluding hydrogens is 266 g/mol. The van der Waals surface area contributed by atoms with Gasteiger partial charge in [0.15, 0.2) is 0 Å². The van der Waals surface area contributed by atoms with Gasteiger partial charge in [0.05, 0.1) is 31.5 Å². The summed E-state index contributed by atoms with van der Waals surface area (Å²) in [6.07, 6.45) is 1.78. The van der Waals surface area contributed by atoms with Crippen molar-refractivity contribution < 1.29 is 9.53 Å². The first-order valence-electron chi connectivity index (χ1n) is 6.72. The molecule has 5 heteroatoms. The molecule has 3 N–H and O–H groups in total. The number of anilines is 1. The average molecular weight is 285 g/mol. The number of carbonyl (C=O) groups excluding carboxylic acids is 1. The van der Waals surface area contributed by atoms with Gasteiger partial charge in [-0.25, -0.2) is 0 Å². The van der Waals surface area contributed by atoms with Crippen molar-refractivity contribution in [3.8, 4) is 5.75 Å². The van der Waals surface area contributed by atoms with Crippen LogP contribution in [0.5, 0.6) is 5.75 Å². The molecule has 0 fully saturated rings. The third-order valence-corrected chi connectivity index (χ3v) is 3.16. The van der Waals surface area contributed by atoms with E-state index < -0.39 is 0 Å². The number of hydrogen-bond donors (Lipinski definition) is 2. The first-order valence-corrected chi connectivity index (χ1v) is 6.72. The lowest BCUT2D eigenvalue weighted by Gasteiger charge is -2.15. The van der Waals surface area contributed by atoms with E-state index in [0.717, 1.165) is 11.3 Å². The second kappa shape index (κ2) is 6.74. The normalized spacial score (nSPS) is 11.7. The highest BCUT2D eigenvalue weighted by Gasteiger charge is 2.11. The fourth-order valence-electron chi connectivity index (χ4n) is 1.99. The lowest BCUT2D eigenvalue weighted by atomic mass is 10.1. The summed E-state index contributed by atoms with van der Waals surface area (Å²) in [6.45, 7) is 1.93. The van der Waals surface area contributed by atoms with Crippen LogP contribution in [0.2, 0.25) is 0 Å². The Morgan fingerprint density at radius 1 is 1.38 bits per heavy atom. The molecule has 5 nitrogen and oxygen atoms in total. The number of methoxy groups -OCH3 is 1. The number of nitrogens with zero attached hydrogens (tertiary/aromatic N) is 1. The second-order valence-corrected chi connectivity index (χ2v) is 4.83. The van der Waals surface area contributed by atoms with Crippen molar-refractivity contribution in [3.63, 3.8) is 0 Å². The zero-order valence-electron chi connectivity index (χ0n) is 12.2. The van der Waals surface area contributed by atoms with Crippen LogP contribution in [0.4, 0.5) is 5.69 Å². The van der Waals surface area contributed by atoms with E-state index in [1.165, 1.54) is 0 Å². The van der Waals surface area contributed by atoms with E-state index in [4.69, 9.17) is 10.5 Å². The maximum Gasteiger partial charge on any atom is 0.226 e. The van der Waals surface area contributed by atoms with Gasteiger partial charge in [0.25, 0.3) is 0 Å². The van der Waals surface area contributed by atoms with Crippen LogP contribution in [0.25, 0.3) is 0 Å². The number of nitrogen functional groups attached to an aromatic ring is 1. The fraction of sp³-hybridized carbons (Fsp3) is 0.250. The molecule has 1 aromatic heterocycles. The SMILES string of the molecule is COc1cccc([C@@H](C)NC(=O)Cc2ccc(N)cn2)c1. The summed E-state index contributed by atoms with van der Waals surface area (Å²) in [6, 6.07) is 11.0. The molecule has 1 heterocycles. The van der Waals surface area contributed by atoms with Gasteiger partial charge in [0, 0.05) is 5.69 Å². The number of nitrogens with one attached hydrogen (secondary N) is 1. The van der Waals surface area contributed by atoms with Crippen molar-refractivity contribution in [2.24, 2.45) is 0 Å². The molecule has 2 aromatic rings. The Bertz CT molecular complexity index is 611. The van der Waals surface area contributed by atoms with Crippen LogP contribution in [0.1, 0.15) is 24.2 Å². The minimum atomic E-state index is -0.0959. The molecule has 1 aromatic carbocycles. The van der Waals surface area contributed by atoms with E-state index in [2.05, 4.69) is 10.3 Å². The first-order chi connectivity index (χ1) is 10.1. The highest BCUT2D eigenvalue weighted by atomic mass is 16.5. The third kappa shape index (κ3) is 4.21. The van der Waals surface area contributed by atoms with Crippen molar-refractivity contribution in [2.45, 2.75) is 19.4 Å². The number of ether oxygens (including phenoxy) is 1. The Labute approximate surface area is 124 Å². The van der Waals surface area contributed by atoms with E-state index in [0.29, 0.717) is 11.4 Å². The van der Waals surface area contributed by atoms with Gasteiger partial charge in [-0.15, -0.1) is 0 Å². The molecule has 1 atom stereocenters. The van der Waals surface area contributed by atoms with Crippen LogP contribution in [-0.2, 0) is 11.2 Å². The Morgan fingerprint density at radius 2 is 2.19 bits per heavy atom. The zero-order valence-corrected chi connectivity index (χ0v) is 12.2. The Hall–Kier alpha value is -2.56. The quantitative estimate of drug-likeness (QED) is 0.882. The van der Waals surface area contributed by atoms with E-state index in [1.807, 2.05) is 31.2 Å². The molecule has 0 saturated carbocycles. The molecule has 0 aliphatic rings. The van der Waals surface area contributed by atoms with Crippen LogP contribution in [0.3, 0.4) is 0 Å². The van der Waals surface area contributed by atoms with E-state index in [9.17, 15) is 4.79 Å². The lowest BCUT2D eigenvalue weighted by molar-refractivity contribution is -0.121. The zero-order chi connectivity index (χ0) is 15.2. The summed E-state index contributed by atoms with van der Waals surface area (Å²) >= 11 is 0. The van der Waals surface area contributed by atoms with Crippen molar-refractivity contribution in [3.05, 3.63) is 53.9 Å². The van der Waals surface area contributed by atoms with Gasteiger partial charge in [-0.1, -0.05) is 12.1 Å². The largest absolute Gasteiger partial charge is 0.497 e. The van der Waals surface area contributed by atoms with Crippen LogP contribution in [-0.4, -0.2) is 18.0 Å². The summed E-state index contributed by atoms with van der Waals surface area (Å²) in [5.74, 6) is 0.691. The number of aromatic nitrogens is 1. The predicted molar refractivity (Wildman–Crippen MR) is 81.9 cm³/mol. The minimum Gasteiger partial charge on any atom is -0.497 e. The molecule has 21 heavy (non-hydrogen) atoms. The Kier molecular flexibility index (Phi) is 4.77. The highest BCUT2D eigenvalue weighted by molar-refractivity contribution is 5.78. The average Bonchev–Trinajstić information content (AvgIpc) is 2.49. The van der Waals surface area contributed by atoms with Crippen LogP contribution in [0.15, 0.2) is 42.6 Å². The van der Waals surface area contributed by atoms with Gasteiger partial charge in [-0.3, -0.25) is 9.78 Å². The number of hydrogen-bond acceptors (Lipinski definition) is 4. The number of rotatable bonds is 5. The van der Waals surface area contributed by atoms with Gasteiger partial charge >= 0.3 is 0 Å². The Morgan fingerprint density at radius 3 is 2.86 bits per heavy atom. The summed E-state index contributed by atoms with van der Waals surface area (Å²) in [5, 5.41) is 2.94. The van der Waals surface area contributed by atoms with Gasteiger partial charge in [0.2, 0.25) is 5.91 Å². The molecule has 110 valence electrons. The summed E-state index contributed by atoms with van der Waals surface area (Å²) in [7, 11) is 1.62. The monoisotopic (exact) mass is 285 g/mol. The van der Waals surface area contributed by atoms with Crippen LogP contribution in [0, 0.1) is 0 Å². The number of pyridine rings is 1. The number of amides is 1. The topological polar surface area (TPSA) is 77.2 Å². The maximum absolute atomic E-state index is 12.0. The third-order valence-electron chi connectivity index (χ3n) is 3.16. The number of benzene rings is 1. The molecule has 0 spiro atoms. The van der Waals surface area contributed by atoms with Crippen LogP contribution < -0.4 is 15.8 Å². The second-order valence-electron chi connectivity index (χ2n) is 4.83. The molecule has 0 saturated heterocycles. The predicted octanol–water partition coefficient (Wildman–Crippen LogP) is 2.09. The minimum absolute atomic E-state index is 0.0809. The lowest BCUT2D eigenvalue weighted by Crippen LogP contribution is -2.28. The molecular formula is C16H19N3O2. The highest BCUT2D eigenvalue weighted by Crippen LogP contribution is 2.18. The summed E-state index contributed by atoms with van der Waals surface area (Å²) in [4.78, 5) is 16.1. The summed E-state index contributed by atoms with van der Waals surface area (Å²) < 4.78 is 5.18. The molecule has 0 bridgehead atoms. The van der Waals surface area contributed by atoms with Crippen LogP contribution >= 0.6 is 0 Å².